The highest BCUT2D eigenvalue weighted by Crippen LogP contribution is 2.36. The summed E-state index contributed by atoms with van der Waals surface area (Å²) in [4.78, 5) is 0. The topological polar surface area (TPSA) is 18.5 Å². The largest absolute Gasteiger partial charge is 0.493 e. The summed E-state index contributed by atoms with van der Waals surface area (Å²) in [5, 5.41) is 4.65. The van der Waals surface area contributed by atoms with Gasteiger partial charge in [0, 0.05) is 16.7 Å². The van der Waals surface area contributed by atoms with Gasteiger partial charge in [0.2, 0.25) is 0 Å². The Kier molecular flexibility index (Phi) is 4.75. The molecule has 1 aromatic carbocycles. The summed E-state index contributed by atoms with van der Waals surface area (Å²) >= 11 is 13.5. The highest BCUT2D eigenvalue weighted by molar-refractivity contribution is 7.07. The average molecular weight is 303 g/mol. The molecule has 0 radical (unpaired) electrons. The predicted molar refractivity (Wildman–Crippen MR) is 76.2 cm³/mol. The Morgan fingerprint density at radius 2 is 2.17 bits per heavy atom. The quantitative estimate of drug-likeness (QED) is 0.744. The molecule has 96 valence electrons. The van der Waals surface area contributed by atoms with E-state index in [4.69, 9.17) is 32.7 Å². The lowest BCUT2D eigenvalue weighted by Crippen LogP contribution is -1.99. The van der Waals surface area contributed by atoms with Gasteiger partial charge in [0.05, 0.1) is 13.0 Å². The molecular weight excluding hydrogens is 291 g/mol. The van der Waals surface area contributed by atoms with E-state index in [-0.39, 0.29) is 0 Å². The van der Waals surface area contributed by atoms with Crippen molar-refractivity contribution in [3.63, 3.8) is 0 Å². The van der Waals surface area contributed by atoms with Crippen molar-refractivity contribution >= 4 is 34.5 Å². The molecule has 0 aliphatic rings. The minimum Gasteiger partial charge on any atom is -0.493 e. The summed E-state index contributed by atoms with van der Waals surface area (Å²) in [6, 6.07) is 5.54. The molecule has 0 aliphatic heterocycles. The van der Waals surface area contributed by atoms with Crippen LogP contribution in [0.15, 0.2) is 29.0 Å². The first-order valence-corrected chi connectivity index (χ1v) is 7.16. The average Bonchev–Trinajstić information content (AvgIpc) is 2.89. The zero-order valence-corrected chi connectivity index (χ0v) is 12.1. The van der Waals surface area contributed by atoms with Crippen LogP contribution in [-0.4, -0.2) is 7.11 Å². The fourth-order valence-corrected chi connectivity index (χ4v) is 2.65. The maximum atomic E-state index is 5.99. The van der Waals surface area contributed by atoms with Gasteiger partial charge < -0.3 is 9.47 Å². The van der Waals surface area contributed by atoms with E-state index in [2.05, 4.69) is 0 Å². The van der Waals surface area contributed by atoms with Gasteiger partial charge in [-0.25, -0.2) is 0 Å². The van der Waals surface area contributed by atoms with E-state index >= 15 is 0 Å². The maximum Gasteiger partial charge on any atom is 0.166 e. The van der Waals surface area contributed by atoms with Crippen LogP contribution in [0.4, 0.5) is 0 Å². The predicted octanol–water partition coefficient (Wildman–Crippen LogP) is 4.73. The molecule has 5 heteroatoms. The van der Waals surface area contributed by atoms with Crippen molar-refractivity contribution in [1.29, 1.82) is 0 Å². The molecule has 0 saturated carbocycles. The molecule has 1 aromatic heterocycles. The molecule has 0 saturated heterocycles. The number of alkyl halides is 1. The molecule has 2 rings (SSSR count). The number of hydrogen-bond donors (Lipinski definition) is 0. The van der Waals surface area contributed by atoms with Crippen molar-refractivity contribution in [2.75, 3.05) is 7.11 Å². The number of benzene rings is 1. The first-order valence-electron chi connectivity index (χ1n) is 5.31. The van der Waals surface area contributed by atoms with Crippen LogP contribution in [0.5, 0.6) is 11.5 Å². The molecule has 0 spiro atoms. The second-order valence-electron chi connectivity index (χ2n) is 3.65. The minimum absolute atomic E-state index is 0.329. The maximum absolute atomic E-state index is 5.99. The van der Waals surface area contributed by atoms with Crippen LogP contribution in [0, 0.1) is 0 Å². The molecule has 1 heterocycles. The highest BCUT2D eigenvalue weighted by atomic mass is 35.5. The van der Waals surface area contributed by atoms with E-state index in [9.17, 15) is 0 Å². The van der Waals surface area contributed by atoms with Gasteiger partial charge in [-0.05, 0) is 28.5 Å². The first-order chi connectivity index (χ1) is 8.74. The summed E-state index contributed by atoms with van der Waals surface area (Å²) in [5.41, 5.74) is 1.95. The number of methoxy groups -OCH3 is 1. The molecule has 0 bridgehead atoms. The van der Waals surface area contributed by atoms with Gasteiger partial charge in [0.15, 0.2) is 11.5 Å². The Balaban J connectivity index is 2.24. The Bertz CT molecular complexity index is 487. The molecule has 2 aromatic rings. The van der Waals surface area contributed by atoms with Crippen LogP contribution < -0.4 is 9.47 Å². The van der Waals surface area contributed by atoms with Gasteiger partial charge in [-0.2, -0.15) is 11.3 Å². The molecule has 0 amide bonds. The van der Waals surface area contributed by atoms with E-state index in [1.165, 1.54) is 0 Å². The van der Waals surface area contributed by atoms with Gasteiger partial charge in [-0.1, -0.05) is 11.6 Å². The zero-order valence-electron chi connectivity index (χ0n) is 9.78. The Morgan fingerprint density at radius 1 is 1.33 bits per heavy atom. The van der Waals surface area contributed by atoms with Crippen molar-refractivity contribution in [3.05, 3.63) is 45.1 Å². The summed E-state index contributed by atoms with van der Waals surface area (Å²) in [6.07, 6.45) is 0. The third-order valence-corrected chi connectivity index (χ3v) is 3.66. The highest BCUT2D eigenvalue weighted by Gasteiger charge is 2.12. The summed E-state index contributed by atoms with van der Waals surface area (Å²) in [5.74, 6) is 1.59. The number of thiophene rings is 1. The molecule has 0 aliphatic carbocycles. The first kappa shape index (κ1) is 13.5. The molecule has 0 unspecified atom stereocenters. The molecular formula is C13H12Cl2O2S. The second-order valence-corrected chi connectivity index (χ2v) is 5.13. The number of rotatable bonds is 5. The monoisotopic (exact) mass is 302 g/mol. The Morgan fingerprint density at radius 3 is 2.78 bits per heavy atom. The van der Waals surface area contributed by atoms with Crippen LogP contribution in [0.1, 0.15) is 11.1 Å². The van der Waals surface area contributed by atoms with Gasteiger partial charge in [0.25, 0.3) is 0 Å². The lowest BCUT2D eigenvalue weighted by Gasteiger charge is -2.14. The van der Waals surface area contributed by atoms with E-state index in [0.29, 0.717) is 29.0 Å². The fourth-order valence-electron chi connectivity index (χ4n) is 1.57. The molecule has 0 atom stereocenters. The van der Waals surface area contributed by atoms with Crippen molar-refractivity contribution in [1.82, 2.24) is 0 Å². The zero-order chi connectivity index (χ0) is 13.0. The van der Waals surface area contributed by atoms with Gasteiger partial charge in [-0.15, -0.1) is 11.6 Å². The third-order valence-electron chi connectivity index (χ3n) is 2.42. The lowest BCUT2D eigenvalue weighted by molar-refractivity contribution is 0.282. The normalized spacial score (nSPS) is 10.4. The minimum atomic E-state index is 0.329. The van der Waals surface area contributed by atoms with E-state index in [1.54, 1.807) is 30.6 Å². The van der Waals surface area contributed by atoms with Crippen LogP contribution in [0.2, 0.25) is 5.02 Å². The summed E-state index contributed by atoms with van der Waals surface area (Å²) in [7, 11) is 1.58. The lowest BCUT2D eigenvalue weighted by atomic mass is 10.2. The van der Waals surface area contributed by atoms with Gasteiger partial charge >= 0.3 is 0 Å². The van der Waals surface area contributed by atoms with Crippen molar-refractivity contribution < 1.29 is 9.47 Å². The van der Waals surface area contributed by atoms with Crippen molar-refractivity contribution in [3.8, 4) is 11.5 Å². The fraction of sp³-hybridized carbons (Fsp3) is 0.231. The molecule has 0 N–H and O–H groups in total. The van der Waals surface area contributed by atoms with E-state index in [0.717, 1.165) is 11.1 Å². The third kappa shape index (κ3) is 3.10. The van der Waals surface area contributed by atoms with E-state index < -0.39 is 0 Å². The smallest absolute Gasteiger partial charge is 0.166 e. The SMILES string of the molecule is COc1cc(Cl)cc(CCl)c1OCc1ccsc1. The summed E-state index contributed by atoms with van der Waals surface area (Å²) in [6.45, 7) is 0.491. The second kappa shape index (κ2) is 6.32. The van der Waals surface area contributed by atoms with Crippen LogP contribution in [-0.2, 0) is 12.5 Å². The molecule has 18 heavy (non-hydrogen) atoms. The Labute approximate surface area is 120 Å². The number of hydrogen-bond acceptors (Lipinski definition) is 3. The molecule has 2 nitrogen and oxygen atoms in total. The summed E-state index contributed by atoms with van der Waals surface area (Å²) < 4.78 is 11.1. The Hall–Kier alpha value is -0.900. The van der Waals surface area contributed by atoms with Crippen LogP contribution in [0.25, 0.3) is 0 Å². The standard InChI is InChI=1S/C13H12Cl2O2S/c1-16-12-5-11(15)4-10(6-14)13(12)17-7-9-2-3-18-8-9/h2-5,8H,6-7H2,1H3. The van der Waals surface area contributed by atoms with Crippen molar-refractivity contribution in [2.24, 2.45) is 0 Å². The number of halogens is 2. The van der Waals surface area contributed by atoms with Crippen LogP contribution in [0.3, 0.4) is 0 Å². The van der Waals surface area contributed by atoms with Crippen molar-refractivity contribution in [2.45, 2.75) is 12.5 Å². The number of ether oxygens (including phenoxy) is 2. The molecule has 0 fully saturated rings. The van der Waals surface area contributed by atoms with Gasteiger partial charge in [-0.3, -0.25) is 0 Å². The van der Waals surface area contributed by atoms with Gasteiger partial charge in [0.1, 0.15) is 6.61 Å². The van der Waals surface area contributed by atoms with E-state index in [1.807, 2.05) is 16.8 Å². The van der Waals surface area contributed by atoms with Crippen LogP contribution >= 0.6 is 34.5 Å².